The monoisotopic (exact) mass is 281 g/mol. The third-order valence-electron chi connectivity index (χ3n) is 4.29. The maximum atomic E-state index is 6.30. The van der Waals surface area contributed by atoms with Gasteiger partial charge in [-0.05, 0) is 38.1 Å². The highest BCUT2D eigenvalue weighted by atomic mass is 16.5. The molecule has 2 nitrogen and oxygen atoms in total. The quantitative estimate of drug-likeness (QED) is 0.847. The van der Waals surface area contributed by atoms with Crippen LogP contribution in [-0.4, -0.2) is 31.1 Å². The summed E-state index contributed by atoms with van der Waals surface area (Å²) >= 11 is 0. The molecule has 110 valence electrons. The minimum Gasteiger partial charge on any atom is -0.490 e. The van der Waals surface area contributed by atoms with Crippen molar-refractivity contribution in [3.05, 3.63) is 65.7 Å². The van der Waals surface area contributed by atoms with Crippen LogP contribution in [0.2, 0.25) is 0 Å². The molecule has 2 heteroatoms. The molecule has 0 bridgehead atoms. The van der Waals surface area contributed by atoms with Crippen LogP contribution in [0.5, 0.6) is 5.75 Å². The average Bonchev–Trinajstić information content (AvgIpc) is 2.52. The molecule has 21 heavy (non-hydrogen) atoms. The van der Waals surface area contributed by atoms with Crippen molar-refractivity contribution < 1.29 is 4.74 Å². The number of aryl methyl sites for hydroxylation is 1. The first-order valence-corrected chi connectivity index (χ1v) is 7.69. The van der Waals surface area contributed by atoms with E-state index in [-0.39, 0.29) is 6.10 Å². The molecule has 1 aliphatic heterocycles. The molecule has 2 aromatic rings. The smallest absolute Gasteiger partial charge is 0.119 e. The standard InChI is InChI=1S/C19H23NO/c1-15-8-10-17(11-9-15)21-19-12-13-20(2)14-18(19)16-6-4-3-5-7-16/h3-11,18-19H,12-14H2,1-2H3/t18-,19+/m0/s1. The highest BCUT2D eigenvalue weighted by Crippen LogP contribution is 2.30. The zero-order chi connectivity index (χ0) is 14.7. The van der Waals surface area contributed by atoms with Crippen LogP contribution >= 0.6 is 0 Å². The first kappa shape index (κ1) is 14.2. The molecule has 0 radical (unpaired) electrons. The first-order valence-electron chi connectivity index (χ1n) is 7.69. The fraction of sp³-hybridized carbons (Fsp3) is 0.368. The summed E-state index contributed by atoms with van der Waals surface area (Å²) in [5.74, 6) is 1.42. The molecule has 3 rings (SSSR count). The summed E-state index contributed by atoms with van der Waals surface area (Å²) in [4.78, 5) is 2.40. The van der Waals surface area contributed by atoms with E-state index in [1.54, 1.807) is 0 Å². The van der Waals surface area contributed by atoms with Crippen LogP contribution in [0.4, 0.5) is 0 Å². The minimum atomic E-state index is 0.256. The number of likely N-dealkylation sites (tertiary alicyclic amines) is 1. The van der Waals surface area contributed by atoms with Crippen molar-refractivity contribution in [3.8, 4) is 5.75 Å². The highest BCUT2D eigenvalue weighted by molar-refractivity contribution is 5.28. The van der Waals surface area contributed by atoms with E-state index in [9.17, 15) is 0 Å². The van der Waals surface area contributed by atoms with E-state index < -0.39 is 0 Å². The van der Waals surface area contributed by atoms with Gasteiger partial charge < -0.3 is 9.64 Å². The minimum absolute atomic E-state index is 0.256. The van der Waals surface area contributed by atoms with Gasteiger partial charge in [-0.3, -0.25) is 0 Å². The van der Waals surface area contributed by atoms with Gasteiger partial charge in [0.05, 0.1) is 0 Å². The Morgan fingerprint density at radius 1 is 1.00 bits per heavy atom. The van der Waals surface area contributed by atoms with Crippen molar-refractivity contribution in [2.24, 2.45) is 0 Å². The van der Waals surface area contributed by atoms with Crippen molar-refractivity contribution in [3.63, 3.8) is 0 Å². The summed E-state index contributed by atoms with van der Waals surface area (Å²) in [7, 11) is 2.19. The maximum absolute atomic E-state index is 6.30. The van der Waals surface area contributed by atoms with Crippen LogP contribution in [-0.2, 0) is 0 Å². The lowest BCUT2D eigenvalue weighted by atomic mass is 9.88. The summed E-state index contributed by atoms with van der Waals surface area (Å²) in [6.45, 7) is 4.26. The van der Waals surface area contributed by atoms with Gasteiger partial charge in [-0.25, -0.2) is 0 Å². The molecule has 0 aromatic heterocycles. The molecule has 1 aliphatic rings. The van der Waals surface area contributed by atoms with E-state index in [0.717, 1.165) is 25.3 Å². The van der Waals surface area contributed by atoms with Gasteiger partial charge in [0.2, 0.25) is 0 Å². The van der Waals surface area contributed by atoms with Crippen molar-refractivity contribution in [1.29, 1.82) is 0 Å². The van der Waals surface area contributed by atoms with Gasteiger partial charge in [0.1, 0.15) is 11.9 Å². The molecule has 1 heterocycles. The zero-order valence-electron chi connectivity index (χ0n) is 12.8. The van der Waals surface area contributed by atoms with Gasteiger partial charge in [-0.15, -0.1) is 0 Å². The molecule has 0 saturated carbocycles. The lowest BCUT2D eigenvalue weighted by Crippen LogP contribution is -2.42. The lowest BCUT2D eigenvalue weighted by molar-refractivity contribution is 0.0902. The van der Waals surface area contributed by atoms with Crippen LogP contribution in [0.25, 0.3) is 0 Å². The van der Waals surface area contributed by atoms with Crippen molar-refractivity contribution in [1.82, 2.24) is 4.90 Å². The van der Waals surface area contributed by atoms with Gasteiger partial charge in [-0.2, -0.15) is 0 Å². The Hall–Kier alpha value is -1.80. The fourth-order valence-electron chi connectivity index (χ4n) is 3.05. The van der Waals surface area contributed by atoms with Crippen molar-refractivity contribution >= 4 is 0 Å². The van der Waals surface area contributed by atoms with Crippen LogP contribution < -0.4 is 4.74 Å². The number of likely N-dealkylation sites (N-methyl/N-ethyl adjacent to an activating group) is 1. The van der Waals surface area contributed by atoms with Crippen molar-refractivity contribution in [2.45, 2.75) is 25.4 Å². The highest BCUT2D eigenvalue weighted by Gasteiger charge is 2.30. The van der Waals surface area contributed by atoms with Gasteiger partial charge in [-0.1, -0.05) is 48.0 Å². The summed E-state index contributed by atoms with van der Waals surface area (Å²) in [6.07, 6.45) is 1.33. The first-order chi connectivity index (χ1) is 10.2. The van der Waals surface area contributed by atoms with Crippen LogP contribution in [0, 0.1) is 6.92 Å². The van der Waals surface area contributed by atoms with Gasteiger partial charge in [0.15, 0.2) is 0 Å². The predicted octanol–water partition coefficient (Wildman–Crippen LogP) is 3.86. The molecule has 2 atom stereocenters. The Balaban J connectivity index is 1.79. The Kier molecular flexibility index (Phi) is 4.26. The van der Waals surface area contributed by atoms with Gasteiger partial charge >= 0.3 is 0 Å². The molecule has 1 saturated heterocycles. The second kappa shape index (κ2) is 6.31. The van der Waals surface area contributed by atoms with Gasteiger partial charge in [0, 0.05) is 19.0 Å². The summed E-state index contributed by atoms with van der Waals surface area (Å²) < 4.78 is 6.30. The summed E-state index contributed by atoms with van der Waals surface area (Å²) in [6, 6.07) is 19.1. The molecule has 0 amide bonds. The maximum Gasteiger partial charge on any atom is 0.119 e. The molecular formula is C19H23NO. The molecule has 0 spiro atoms. The van der Waals surface area contributed by atoms with Crippen molar-refractivity contribution in [2.75, 3.05) is 20.1 Å². The number of benzene rings is 2. The van der Waals surface area contributed by atoms with Crippen LogP contribution in [0.15, 0.2) is 54.6 Å². The second-order valence-corrected chi connectivity index (χ2v) is 6.04. The number of piperidine rings is 1. The number of nitrogens with zero attached hydrogens (tertiary/aromatic N) is 1. The average molecular weight is 281 g/mol. The van der Waals surface area contributed by atoms with Crippen LogP contribution in [0.3, 0.4) is 0 Å². The topological polar surface area (TPSA) is 12.5 Å². The third kappa shape index (κ3) is 3.45. The SMILES string of the molecule is Cc1ccc(O[C@@H]2CCN(C)C[C@H]2c2ccccc2)cc1. The Morgan fingerprint density at radius 3 is 2.43 bits per heavy atom. The van der Waals surface area contributed by atoms with Gasteiger partial charge in [0.25, 0.3) is 0 Å². The Morgan fingerprint density at radius 2 is 1.71 bits per heavy atom. The number of rotatable bonds is 3. The van der Waals surface area contributed by atoms with Crippen LogP contribution in [0.1, 0.15) is 23.5 Å². The van der Waals surface area contributed by atoms with E-state index in [0.29, 0.717) is 5.92 Å². The van der Waals surface area contributed by atoms with E-state index >= 15 is 0 Å². The molecule has 0 unspecified atom stereocenters. The predicted molar refractivity (Wildman–Crippen MR) is 86.9 cm³/mol. The summed E-state index contributed by atoms with van der Waals surface area (Å²) in [5.41, 5.74) is 2.64. The Labute approximate surface area is 127 Å². The van der Waals surface area contributed by atoms with E-state index in [1.165, 1.54) is 11.1 Å². The fourth-order valence-corrected chi connectivity index (χ4v) is 3.05. The normalized spacial score (nSPS) is 23.0. The number of hydrogen-bond acceptors (Lipinski definition) is 2. The molecule has 0 N–H and O–H groups in total. The van der Waals surface area contributed by atoms with E-state index in [2.05, 4.69) is 73.5 Å². The molecule has 2 aromatic carbocycles. The number of ether oxygens (including phenoxy) is 1. The molecule has 1 fully saturated rings. The van der Waals surface area contributed by atoms with E-state index in [1.807, 2.05) is 0 Å². The van der Waals surface area contributed by atoms with E-state index in [4.69, 9.17) is 4.74 Å². The second-order valence-electron chi connectivity index (χ2n) is 6.04. The number of hydrogen-bond donors (Lipinski definition) is 0. The summed E-state index contributed by atoms with van der Waals surface area (Å²) in [5, 5.41) is 0. The third-order valence-corrected chi connectivity index (χ3v) is 4.29. The lowest BCUT2D eigenvalue weighted by Gasteiger charge is -2.37. The molecule has 0 aliphatic carbocycles. The largest absolute Gasteiger partial charge is 0.490 e. The molecular weight excluding hydrogens is 258 g/mol. The zero-order valence-corrected chi connectivity index (χ0v) is 12.8. The Bertz CT molecular complexity index is 564.